The molecule has 0 saturated carbocycles. The second-order valence-corrected chi connectivity index (χ2v) is 6.67. The number of aromatic nitrogens is 1. The second-order valence-electron chi connectivity index (χ2n) is 5.81. The van der Waals surface area contributed by atoms with Crippen molar-refractivity contribution in [1.82, 2.24) is 9.88 Å². The summed E-state index contributed by atoms with van der Waals surface area (Å²) < 4.78 is 0. The molecule has 3 rings (SSSR count). The van der Waals surface area contributed by atoms with Gasteiger partial charge in [0.05, 0.1) is 5.69 Å². The van der Waals surface area contributed by atoms with Gasteiger partial charge in [-0.3, -0.25) is 4.90 Å². The fourth-order valence-electron chi connectivity index (χ4n) is 3.07. The van der Waals surface area contributed by atoms with Crippen molar-refractivity contribution in [1.29, 1.82) is 0 Å². The van der Waals surface area contributed by atoms with Crippen molar-refractivity contribution in [3.05, 3.63) is 41.4 Å². The standard InChI is InChI=1S/C17H22N2S/c1-13-7-6-8-14(2)19(13)11-16-12-20-17(18-16)15-9-4-3-5-10-15/h3-5,9-10,12-14H,6-8,11H2,1-2H3. The predicted octanol–water partition coefficient (Wildman–Crippen LogP) is 4.57. The molecule has 0 aliphatic carbocycles. The van der Waals surface area contributed by atoms with E-state index in [0.717, 1.165) is 11.6 Å². The van der Waals surface area contributed by atoms with Gasteiger partial charge in [-0.15, -0.1) is 11.3 Å². The number of nitrogens with zero attached hydrogens (tertiary/aromatic N) is 2. The predicted molar refractivity (Wildman–Crippen MR) is 85.9 cm³/mol. The summed E-state index contributed by atoms with van der Waals surface area (Å²) in [7, 11) is 0. The third-order valence-electron chi connectivity index (χ3n) is 4.29. The smallest absolute Gasteiger partial charge is 0.123 e. The molecule has 1 fully saturated rings. The van der Waals surface area contributed by atoms with E-state index in [1.165, 1.54) is 30.5 Å². The first kappa shape index (κ1) is 13.8. The molecule has 1 aromatic carbocycles. The van der Waals surface area contributed by atoms with E-state index in [0.29, 0.717) is 12.1 Å². The molecule has 0 radical (unpaired) electrons. The van der Waals surface area contributed by atoms with Crippen molar-refractivity contribution in [2.75, 3.05) is 0 Å². The average Bonchev–Trinajstić information content (AvgIpc) is 2.93. The number of likely N-dealkylation sites (tertiary alicyclic amines) is 1. The van der Waals surface area contributed by atoms with Crippen LogP contribution in [0.2, 0.25) is 0 Å². The van der Waals surface area contributed by atoms with Crippen molar-refractivity contribution in [2.24, 2.45) is 0 Å². The maximum absolute atomic E-state index is 4.82. The molecule has 1 aliphatic rings. The molecular formula is C17H22N2S. The molecule has 2 aromatic rings. The highest BCUT2D eigenvalue weighted by molar-refractivity contribution is 7.13. The van der Waals surface area contributed by atoms with Crippen LogP contribution in [0.25, 0.3) is 10.6 Å². The van der Waals surface area contributed by atoms with Crippen LogP contribution in [-0.2, 0) is 6.54 Å². The third-order valence-corrected chi connectivity index (χ3v) is 5.23. The van der Waals surface area contributed by atoms with Gasteiger partial charge in [0, 0.05) is 29.6 Å². The molecule has 3 heteroatoms. The minimum absolute atomic E-state index is 0.681. The zero-order chi connectivity index (χ0) is 13.9. The van der Waals surface area contributed by atoms with Crippen molar-refractivity contribution in [2.45, 2.75) is 51.7 Å². The van der Waals surface area contributed by atoms with Gasteiger partial charge in [0.25, 0.3) is 0 Å². The van der Waals surface area contributed by atoms with Gasteiger partial charge in [0.1, 0.15) is 5.01 Å². The summed E-state index contributed by atoms with van der Waals surface area (Å²) in [4.78, 5) is 7.42. The summed E-state index contributed by atoms with van der Waals surface area (Å²) in [6.07, 6.45) is 4.01. The Labute approximate surface area is 125 Å². The molecule has 1 aromatic heterocycles. The Balaban J connectivity index is 1.74. The minimum Gasteiger partial charge on any atom is -0.292 e. The maximum Gasteiger partial charge on any atom is 0.123 e. The maximum atomic E-state index is 4.82. The van der Waals surface area contributed by atoms with E-state index in [1.807, 2.05) is 0 Å². The number of hydrogen-bond donors (Lipinski definition) is 0. The summed E-state index contributed by atoms with van der Waals surface area (Å²) in [6, 6.07) is 11.8. The SMILES string of the molecule is CC1CCCC(C)N1Cc1csc(-c2ccccc2)n1. The van der Waals surface area contributed by atoms with Gasteiger partial charge < -0.3 is 0 Å². The molecule has 0 N–H and O–H groups in total. The van der Waals surface area contributed by atoms with E-state index < -0.39 is 0 Å². The summed E-state index contributed by atoms with van der Waals surface area (Å²) in [5.41, 5.74) is 2.44. The van der Waals surface area contributed by atoms with Crippen LogP contribution in [0.3, 0.4) is 0 Å². The molecule has 20 heavy (non-hydrogen) atoms. The molecule has 2 nitrogen and oxygen atoms in total. The summed E-state index contributed by atoms with van der Waals surface area (Å²) in [5.74, 6) is 0. The topological polar surface area (TPSA) is 16.1 Å². The zero-order valence-electron chi connectivity index (χ0n) is 12.2. The number of benzene rings is 1. The van der Waals surface area contributed by atoms with Crippen LogP contribution in [0.4, 0.5) is 0 Å². The van der Waals surface area contributed by atoms with Crippen LogP contribution in [0.1, 0.15) is 38.8 Å². The molecular weight excluding hydrogens is 264 g/mol. The third kappa shape index (κ3) is 2.94. The number of rotatable bonds is 3. The van der Waals surface area contributed by atoms with E-state index in [9.17, 15) is 0 Å². The van der Waals surface area contributed by atoms with E-state index in [4.69, 9.17) is 4.98 Å². The quantitative estimate of drug-likeness (QED) is 0.821. The minimum atomic E-state index is 0.681. The number of piperidine rings is 1. The molecule has 1 aliphatic heterocycles. The van der Waals surface area contributed by atoms with Gasteiger partial charge in [-0.05, 0) is 26.7 Å². The lowest BCUT2D eigenvalue weighted by molar-refractivity contribution is 0.0941. The van der Waals surface area contributed by atoms with Crippen LogP contribution in [-0.4, -0.2) is 22.0 Å². The molecule has 0 spiro atoms. The fourth-order valence-corrected chi connectivity index (χ4v) is 3.88. The van der Waals surface area contributed by atoms with Gasteiger partial charge in [0.2, 0.25) is 0 Å². The molecule has 106 valence electrons. The molecule has 0 bridgehead atoms. The lowest BCUT2D eigenvalue weighted by Crippen LogP contribution is -2.43. The van der Waals surface area contributed by atoms with E-state index >= 15 is 0 Å². The van der Waals surface area contributed by atoms with Gasteiger partial charge in [-0.25, -0.2) is 4.98 Å². The summed E-state index contributed by atoms with van der Waals surface area (Å²) >= 11 is 1.76. The highest BCUT2D eigenvalue weighted by atomic mass is 32.1. The second kappa shape index (κ2) is 6.06. The van der Waals surface area contributed by atoms with Crippen LogP contribution < -0.4 is 0 Å². The van der Waals surface area contributed by atoms with Gasteiger partial charge in [0.15, 0.2) is 0 Å². The normalized spacial score (nSPS) is 23.9. The van der Waals surface area contributed by atoms with Crippen LogP contribution >= 0.6 is 11.3 Å². The Morgan fingerprint density at radius 2 is 1.85 bits per heavy atom. The summed E-state index contributed by atoms with van der Waals surface area (Å²) in [6.45, 7) is 5.69. The first-order chi connectivity index (χ1) is 9.74. The van der Waals surface area contributed by atoms with E-state index in [2.05, 4.69) is 54.5 Å². The lowest BCUT2D eigenvalue weighted by atomic mass is 9.97. The van der Waals surface area contributed by atoms with Crippen LogP contribution in [0.15, 0.2) is 35.7 Å². The van der Waals surface area contributed by atoms with Crippen molar-refractivity contribution in [3.8, 4) is 10.6 Å². The Kier molecular flexibility index (Phi) is 4.18. The Morgan fingerprint density at radius 3 is 2.55 bits per heavy atom. The highest BCUT2D eigenvalue weighted by Crippen LogP contribution is 2.27. The number of hydrogen-bond acceptors (Lipinski definition) is 3. The zero-order valence-corrected chi connectivity index (χ0v) is 13.1. The van der Waals surface area contributed by atoms with Crippen LogP contribution in [0, 0.1) is 0 Å². The Morgan fingerprint density at radius 1 is 1.15 bits per heavy atom. The molecule has 0 amide bonds. The first-order valence-corrected chi connectivity index (χ1v) is 8.37. The fraction of sp³-hybridized carbons (Fsp3) is 0.471. The Hall–Kier alpha value is -1.19. The summed E-state index contributed by atoms with van der Waals surface area (Å²) in [5, 5.41) is 3.36. The lowest BCUT2D eigenvalue weighted by Gasteiger charge is -2.38. The van der Waals surface area contributed by atoms with E-state index in [-0.39, 0.29) is 0 Å². The van der Waals surface area contributed by atoms with Crippen molar-refractivity contribution >= 4 is 11.3 Å². The Bertz CT molecular complexity index is 539. The molecule has 2 heterocycles. The molecule has 2 atom stereocenters. The van der Waals surface area contributed by atoms with Crippen molar-refractivity contribution < 1.29 is 0 Å². The molecule has 2 unspecified atom stereocenters. The highest BCUT2D eigenvalue weighted by Gasteiger charge is 2.25. The van der Waals surface area contributed by atoms with Gasteiger partial charge in [-0.2, -0.15) is 0 Å². The largest absolute Gasteiger partial charge is 0.292 e. The van der Waals surface area contributed by atoms with Crippen molar-refractivity contribution in [3.63, 3.8) is 0 Å². The average molecular weight is 286 g/mol. The van der Waals surface area contributed by atoms with Crippen LogP contribution in [0.5, 0.6) is 0 Å². The number of thiazole rings is 1. The molecule has 1 saturated heterocycles. The van der Waals surface area contributed by atoms with Gasteiger partial charge >= 0.3 is 0 Å². The monoisotopic (exact) mass is 286 g/mol. The first-order valence-electron chi connectivity index (χ1n) is 7.49. The van der Waals surface area contributed by atoms with Gasteiger partial charge in [-0.1, -0.05) is 36.8 Å². The van der Waals surface area contributed by atoms with E-state index in [1.54, 1.807) is 11.3 Å².